The first kappa shape index (κ1) is 11.4. The Morgan fingerprint density at radius 2 is 2.14 bits per heavy atom. The Kier molecular flexibility index (Phi) is 3.84. The molecule has 76 valence electrons. The molecule has 0 bridgehead atoms. The van der Waals surface area contributed by atoms with Gasteiger partial charge in [-0.15, -0.1) is 0 Å². The van der Waals surface area contributed by atoms with Gasteiger partial charge in [0.25, 0.3) is 0 Å². The zero-order valence-electron chi connectivity index (χ0n) is 8.09. The molecule has 0 heterocycles. The van der Waals surface area contributed by atoms with Crippen LogP contribution in [0.25, 0.3) is 0 Å². The SMILES string of the molecule is C/C=C/C(O)c1c(F)cc(C)cc1Br. The highest BCUT2D eigenvalue weighted by Crippen LogP contribution is 2.28. The molecule has 1 aromatic rings. The summed E-state index contributed by atoms with van der Waals surface area (Å²) in [7, 11) is 0. The van der Waals surface area contributed by atoms with E-state index >= 15 is 0 Å². The molecule has 0 amide bonds. The number of aliphatic hydroxyl groups is 1. The fourth-order valence-electron chi connectivity index (χ4n) is 1.27. The minimum absolute atomic E-state index is 0.286. The summed E-state index contributed by atoms with van der Waals surface area (Å²) in [5.41, 5.74) is 1.11. The van der Waals surface area contributed by atoms with E-state index in [0.717, 1.165) is 5.56 Å². The van der Waals surface area contributed by atoms with Crippen molar-refractivity contribution in [2.75, 3.05) is 0 Å². The highest BCUT2D eigenvalue weighted by atomic mass is 79.9. The molecule has 1 atom stereocenters. The van der Waals surface area contributed by atoms with Crippen LogP contribution in [0.1, 0.15) is 24.2 Å². The highest BCUT2D eigenvalue weighted by molar-refractivity contribution is 9.10. The van der Waals surface area contributed by atoms with Crippen LogP contribution >= 0.6 is 15.9 Å². The third-order valence-corrected chi connectivity index (χ3v) is 2.55. The Labute approximate surface area is 91.4 Å². The first-order valence-electron chi connectivity index (χ1n) is 4.32. The summed E-state index contributed by atoms with van der Waals surface area (Å²) < 4.78 is 14.1. The molecule has 0 radical (unpaired) electrons. The van der Waals surface area contributed by atoms with Crippen molar-refractivity contribution in [2.45, 2.75) is 20.0 Å². The van der Waals surface area contributed by atoms with E-state index in [0.29, 0.717) is 4.47 Å². The number of hydrogen-bond acceptors (Lipinski definition) is 1. The molecule has 1 nitrogen and oxygen atoms in total. The molecular weight excluding hydrogens is 247 g/mol. The average molecular weight is 259 g/mol. The van der Waals surface area contributed by atoms with Gasteiger partial charge in [-0.2, -0.15) is 0 Å². The van der Waals surface area contributed by atoms with Crippen molar-refractivity contribution in [3.05, 3.63) is 45.7 Å². The predicted octanol–water partition coefficient (Wildman–Crippen LogP) is 3.51. The Hall–Kier alpha value is -0.670. The number of benzene rings is 1. The summed E-state index contributed by atoms with van der Waals surface area (Å²) in [6.07, 6.45) is 2.34. The highest BCUT2D eigenvalue weighted by Gasteiger charge is 2.14. The second-order valence-electron chi connectivity index (χ2n) is 3.11. The standard InChI is InChI=1S/C11H12BrFO/c1-3-4-10(14)11-8(12)5-7(2)6-9(11)13/h3-6,10,14H,1-2H3/b4-3+. The molecule has 0 fully saturated rings. The van der Waals surface area contributed by atoms with Crippen molar-refractivity contribution in [1.29, 1.82) is 0 Å². The van der Waals surface area contributed by atoms with Crippen LogP contribution in [0, 0.1) is 12.7 Å². The molecule has 3 heteroatoms. The minimum Gasteiger partial charge on any atom is -0.384 e. The Bertz CT molecular complexity index is 337. The van der Waals surface area contributed by atoms with E-state index < -0.39 is 6.10 Å². The summed E-state index contributed by atoms with van der Waals surface area (Å²) in [6, 6.07) is 3.19. The topological polar surface area (TPSA) is 20.2 Å². The van der Waals surface area contributed by atoms with Gasteiger partial charge in [0.15, 0.2) is 0 Å². The van der Waals surface area contributed by atoms with E-state index in [-0.39, 0.29) is 11.4 Å². The molecular formula is C11H12BrFO. The van der Waals surface area contributed by atoms with E-state index in [9.17, 15) is 9.50 Å². The molecule has 1 aromatic carbocycles. The summed E-state index contributed by atoms with van der Waals surface area (Å²) in [4.78, 5) is 0. The lowest BCUT2D eigenvalue weighted by Gasteiger charge is -2.10. The van der Waals surface area contributed by atoms with Gasteiger partial charge in [0.1, 0.15) is 11.9 Å². The van der Waals surface area contributed by atoms with Crippen molar-refractivity contribution >= 4 is 15.9 Å². The number of aliphatic hydroxyl groups excluding tert-OH is 1. The largest absolute Gasteiger partial charge is 0.384 e. The zero-order chi connectivity index (χ0) is 10.7. The van der Waals surface area contributed by atoms with Crippen LogP contribution in [0.5, 0.6) is 0 Å². The summed E-state index contributed by atoms with van der Waals surface area (Å²) in [6.45, 7) is 3.59. The monoisotopic (exact) mass is 258 g/mol. The Balaban J connectivity index is 3.20. The van der Waals surface area contributed by atoms with Crippen molar-refractivity contribution in [1.82, 2.24) is 0 Å². The average Bonchev–Trinajstić information content (AvgIpc) is 2.01. The zero-order valence-corrected chi connectivity index (χ0v) is 9.68. The molecule has 0 aliphatic rings. The van der Waals surface area contributed by atoms with Crippen LogP contribution in [-0.2, 0) is 0 Å². The fraction of sp³-hybridized carbons (Fsp3) is 0.273. The van der Waals surface area contributed by atoms with Crippen molar-refractivity contribution < 1.29 is 9.50 Å². The second-order valence-corrected chi connectivity index (χ2v) is 3.97. The number of allylic oxidation sites excluding steroid dienone is 1. The maximum Gasteiger partial charge on any atom is 0.130 e. The smallest absolute Gasteiger partial charge is 0.130 e. The lowest BCUT2D eigenvalue weighted by Crippen LogP contribution is -1.99. The molecule has 1 rings (SSSR count). The Morgan fingerprint density at radius 3 is 2.64 bits per heavy atom. The molecule has 0 saturated heterocycles. The van der Waals surface area contributed by atoms with E-state index in [1.165, 1.54) is 6.07 Å². The fourth-order valence-corrected chi connectivity index (χ4v) is 2.06. The Morgan fingerprint density at radius 1 is 1.50 bits per heavy atom. The van der Waals surface area contributed by atoms with Crippen molar-refractivity contribution in [3.63, 3.8) is 0 Å². The van der Waals surface area contributed by atoms with Crippen LogP contribution in [-0.4, -0.2) is 5.11 Å². The molecule has 0 spiro atoms. The number of aryl methyl sites for hydroxylation is 1. The number of hydrogen-bond donors (Lipinski definition) is 1. The molecule has 0 aromatic heterocycles. The maximum absolute atomic E-state index is 13.5. The van der Waals surface area contributed by atoms with Gasteiger partial charge >= 0.3 is 0 Å². The van der Waals surface area contributed by atoms with Gasteiger partial charge in [-0.1, -0.05) is 28.1 Å². The van der Waals surface area contributed by atoms with Crippen LogP contribution in [0.3, 0.4) is 0 Å². The van der Waals surface area contributed by atoms with Gasteiger partial charge in [-0.25, -0.2) is 4.39 Å². The van der Waals surface area contributed by atoms with E-state index in [2.05, 4.69) is 15.9 Å². The van der Waals surface area contributed by atoms with Gasteiger partial charge in [0.2, 0.25) is 0 Å². The molecule has 0 saturated carbocycles. The summed E-state index contributed by atoms with van der Waals surface area (Å²) in [5, 5.41) is 9.62. The quantitative estimate of drug-likeness (QED) is 0.806. The third kappa shape index (κ3) is 2.42. The van der Waals surface area contributed by atoms with Crippen LogP contribution < -0.4 is 0 Å². The first-order chi connectivity index (χ1) is 6.56. The van der Waals surface area contributed by atoms with Gasteiger partial charge in [0, 0.05) is 10.0 Å². The van der Waals surface area contributed by atoms with Gasteiger partial charge < -0.3 is 5.11 Å². The lowest BCUT2D eigenvalue weighted by molar-refractivity contribution is 0.222. The van der Waals surface area contributed by atoms with E-state index in [1.807, 2.05) is 0 Å². The van der Waals surface area contributed by atoms with Crippen molar-refractivity contribution in [3.8, 4) is 0 Å². The molecule has 0 aliphatic carbocycles. The summed E-state index contributed by atoms with van der Waals surface area (Å²) >= 11 is 3.23. The van der Waals surface area contributed by atoms with E-state index in [4.69, 9.17) is 0 Å². The second kappa shape index (κ2) is 4.71. The van der Waals surface area contributed by atoms with Gasteiger partial charge in [0.05, 0.1) is 0 Å². The third-order valence-electron chi connectivity index (χ3n) is 1.89. The summed E-state index contributed by atoms with van der Waals surface area (Å²) in [5.74, 6) is -0.387. The normalized spacial score (nSPS) is 13.5. The minimum atomic E-state index is -0.894. The van der Waals surface area contributed by atoms with E-state index in [1.54, 1.807) is 32.1 Å². The molecule has 0 aliphatic heterocycles. The van der Waals surface area contributed by atoms with Crippen LogP contribution in [0.2, 0.25) is 0 Å². The number of rotatable bonds is 2. The lowest BCUT2D eigenvalue weighted by atomic mass is 10.1. The predicted molar refractivity (Wildman–Crippen MR) is 58.6 cm³/mol. The molecule has 1 unspecified atom stereocenters. The van der Waals surface area contributed by atoms with Crippen LogP contribution in [0.4, 0.5) is 4.39 Å². The van der Waals surface area contributed by atoms with Gasteiger partial charge in [-0.3, -0.25) is 0 Å². The van der Waals surface area contributed by atoms with Crippen LogP contribution in [0.15, 0.2) is 28.8 Å². The van der Waals surface area contributed by atoms with Gasteiger partial charge in [-0.05, 0) is 31.5 Å². The van der Waals surface area contributed by atoms with Crippen molar-refractivity contribution in [2.24, 2.45) is 0 Å². The maximum atomic E-state index is 13.5. The molecule has 14 heavy (non-hydrogen) atoms. The molecule has 1 N–H and O–H groups in total. The number of halogens is 2. The first-order valence-corrected chi connectivity index (χ1v) is 5.12.